The number of aliphatic hydroxyl groups excluding tert-OH is 1. The summed E-state index contributed by atoms with van der Waals surface area (Å²) in [5.74, 6) is -2.37. The van der Waals surface area contributed by atoms with Gasteiger partial charge in [0.05, 0.1) is 5.92 Å². The minimum absolute atomic E-state index is 0.118. The van der Waals surface area contributed by atoms with Crippen molar-refractivity contribution in [3.8, 4) is 0 Å². The van der Waals surface area contributed by atoms with Crippen LogP contribution in [0, 0.1) is 11.8 Å². The van der Waals surface area contributed by atoms with Crippen LogP contribution < -0.4 is 0 Å². The molecule has 5 atom stereocenters. The zero-order valence-electron chi connectivity index (χ0n) is 15.7. The molecule has 6 heteroatoms. The molecule has 0 aromatic rings. The predicted molar refractivity (Wildman–Crippen MR) is 95.0 cm³/mol. The number of allylic oxidation sites excluding steroid dienone is 2. The predicted octanol–water partition coefficient (Wildman–Crippen LogP) is 2.27. The molecule has 2 aliphatic rings. The number of ether oxygens (including phenoxy) is 2. The van der Waals surface area contributed by atoms with Crippen LogP contribution in [0.2, 0.25) is 0 Å². The number of aliphatic hydroxyl groups is 1. The largest absolute Gasteiger partial charge is 0.458 e. The van der Waals surface area contributed by atoms with E-state index in [4.69, 9.17) is 9.47 Å². The SMILES string of the molecule is C=C1C(=O)OC2C/C(C)=C\C(=O)CC(C)C(OC(=O)C(C)=CC)C(O)C12. The van der Waals surface area contributed by atoms with Crippen LogP contribution in [0.5, 0.6) is 0 Å². The molecule has 1 aliphatic heterocycles. The van der Waals surface area contributed by atoms with Crippen molar-refractivity contribution in [2.24, 2.45) is 11.8 Å². The van der Waals surface area contributed by atoms with Gasteiger partial charge in [-0.05, 0) is 26.8 Å². The van der Waals surface area contributed by atoms with Crippen LogP contribution in [-0.2, 0) is 23.9 Å². The second-order valence-corrected chi connectivity index (χ2v) is 7.17. The lowest BCUT2D eigenvalue weighted by molar-refractivity contribution is -0.159. The molecule has 2 rings (SSSR count). The van der Waals surface area contributed by atoms with Crippen molar-refractivity contribution in [2.75, 3.05) is 0 Å². The number of esters is 2. The first-order valence-electron chi connectivity index (χ1n) is 8.77. The number of carbonyl (C=O) groups is 3. The molecule has 142 valence electrons. The highest BCUT2D eigenvalue weighted by molar-refractivity contribution is 5.92. The van der Waals surface area contributed by atoms with E-state index in [9.17, 15) is 19.5 Å². The summed E-state index contributed by atoms with van der Waals surface area (Å²) in [5, 5.41) is 11.0. The highest BCUT2D eigenvalue weighted by atomic mass is 16.6. The van der Waals surface area contributed by atoms with E-state index >= 15 is 0 Å². The average molecular weight is 362 g/mol. The number of ketones is 1. The van der Waals surface area contributed by atoms with Gasteiger partial charge in [-0.3, -0.25) is 4.79 Å². The second kappa shape index (κ2) is 7.99. The normalized spacial score (nSPS) is 35.3. The highest BCUT2D eigenvalue weighted by Crippen LogP contribution is 2.37. The Hall–Kier alpha value is -2.21. The van der Waals surface area contributed by atoms with E-state index in [2.05, 4.69) is 6.58 Å². The Labute approximate surface area is 153 Å². The summed E-state index contributed by atoms with van der Waals surface area (Å²) in [7, 11) is 0. The summed E-state index contributed by atoms with van der Waals surface area (Å²) in [6, 6.07) is 0. The van der Waals surface area contributed by atoms with Crippen LogP contribution in [0.3, 0.4) is 0 Å². The zero-order chi connectivity index (χ0) is 19.6. The molecule has 6 nitrogen and oxygen atoms in total. The number of fused-ring (bicyclic) bond motifs is 1. The van der Waals surface area contributed by atoms with E-state index in [0.29, 0.717) is 12.0 Å². The first-order chi connectivity index (χ1) is 12.1. The average Bonchev–Trinajstić information content (AvgIpc) is 2.83. The topological polar surface area (TPSA) is 89.9 Å². The minimum atomic E-state index is -1.19. The molecule has 0 saturated carbocycles. The highest BCUT2D eigenvalue weighted by Gasteiger charge is 2.48. The van der Waals surface area contributed by atoms with Crippen LogP contribution in [0.1, 0.15) is 40.5 Å². The standard InChI is InChI=1S/C20H26O6/c1-6-11(3)19(23)26-18-12(4)9-14(21)7-10(2)8-15-16(17(18)22)13(5)20(24)25-15/h6-7,12,15-18,22H,5,8-9H2,1-4H3/b10-7-,11-6?. The Morgan fingerprint density at radius 2 is 2.04 bits per heavy atom. The van der Waals surface area contributed by atoms with E-state index in [1.807, 2.05) is 0 Å². The van der Waals surface area contributed by atoms with Crippen molar-refractivity contribution >= 4 is 17.7 Å². The van der Waals surface area contributed by atoms with E-state index in [1.54, 1.807) is 33.8 Å². The van der Waals surface area contributed by atoms with Crippen LogP contribution in [0.15, 0.2) is 35.5 Å². The van der Waals surface area contributed by atoms with Crippen molar-refractivity contribution in [2.45, 2.75) is 58.8 Å². The molecule has 1 aliphatic carbocycles. The third kappa shape index (κ3) is 4.12. The van der Waals surface area contributed by atoms with Gasteiger partial charge in [-0.15, -0.1) is 0 Å². The van der Waals surface area contributed by atoms with E-state index in [0.717, 1.165) is 5.57 Å². The van der Waals surface area contributed by atoms with E-state index in [1.165, 1.54) is 6.08 Å². The molecule has 1 fully saturated rings. The van der Waals surface area contributed by atoms with Crippen molar-refractivity contribution in [3.05, 3.63) is 35.5 Å². The number of hydrogen-bond acceptors (Lipinski definition) is 6. The molecule has 0 spiro atoms. The van der Waals surface area contributed by atoms with Gasteiger partial charge in [-0.2, -0.15) is 0 Å². The molecule has 1 saturated heterocycles. The first kappa shape index (κ1) is 20.1. The molecule has 5 unspecified atom stereocenters. The van der Waals surface area contributed by atoms with Crippen LogP contribution >= 0.6 is 0 Å². The van der Waals surface area contributed by atoms with Gasteiger partial charge in [0.15, 0.2) is 5.78 Å². The van der Waals surface area contributed by atoms with Gasteiger partial charge in [-0.25, -0.2) is 9.59 Å². The fraction of sp³-hybridized carbons (Fsp3) is 0.550. The molecule has 1 heterocycles. The fourth-order valence-electron chi connectivity index (χ4n) is 3.45. The lowest BCUT2D eigenvalue weighted by Crippen LogP contribution is -2.45. The Kier molecular flexibility index (Phi) is 6.18. The Morgan fingerprint density at radius 3 is 2.65 bits per heavy atom. The quantitative estimate of drug-likeness (QED) is 0.599. The van der Waals surface area contributed by atoms with Crippen molar-refractivity contribution in [1.29, 1.82) is 0 Å². The first-order valence-corrected chi connectivity index (χ1v) is 8.77. The fourth-order valence-corrected chi connectivity index (χ4v) is 3.45. The maximum atomic E-state index is 12.2. The third-order valence-corrected chi connectivity index (χ3v) is 5.04. The summed E-state index contributed by atoms with van der Waals surface area (Å²) in [6.07, 6.45) is 0.800. The van der Waals surface area contributed by atoms with Crippen LogP contribution in [-0.4, -0.2) is 41.1 Å². The lowest BCUT2D eigenvalue weighted by Gasteiger charge is -2.33. The van der Waals surface area contributed by atoms with Gasteiger partial charge < -0.3 is 14.6 Å². The summed E-state index contributed by atoms with van der Waals surface area (Å²) < 4.78 is 10.9. The molecule has 0 aromatic carbocycles. The van der Waals surface area contributed by atoms with Crippen molar-refractivity contribution in [1.82, 2.24) is 0 Å². The second-order valence-electron chi connectivity index (χ2n) is 7.17. The Balaban J connectivity index is 2.42. The lowest BCUT2D eigenvalue weighted by atomic mass is 9.80. The van der Waals surface area contributed by atoms with Gasteiger partial charge in [0.1, 0.15) is 18.3 Å². The summed E-state index contributed by atoms with van der Waals surface area (Å²) in [4.78, 5) is 36.5. The Morgan fingerprint density at radius 1 is 1.38 bits per heavy atom. The van der Waals surface area contributed by atoms with Crippen molar-refractivity contribution < 1.29 is 29.0 Å². The van der Waals surface area contributed by atoms with Crippen LogP contribution in [0.25, 0.3) is 0 Å². The monoisotopic (exact) mass is 362 g/mol. The molecule has 0 radical (unpaired) electrons. The maximum Gasteiger partial charge on any atom is 0.334 e. The summed E-state index contributed by atoms with van der Waals surface area (Å²) in [5.41, 5.74) is 1.34. The molecule has 0 bridgehead atoms. The number of carbonyl (C=O) groups excluding carboxylic acids is 3. The van der Waals surface area contributed by atoms with E-state index < -0.39 is 42.1 Å². The smallest absolute Gasteiger partial charge is 0.334 e. The van der Waals surface area contributed by atoms with Gasteiger partial charge in [0.25, 0.3) is 0 Å². The van der Waals surface area contributed by atoms with Gasteiger partial charge >= 0.3 is 11.9 Å². The molecular weight excluding hydrogens is 336 g/mol. The Bertz CT molecular complexity index is 686. The van der Waals surface area contributed by atoms with Gasteiger partial charge in [0.2, 0.25) is 0 Å². The number of hydrogen-bond donors (Lipinski definition) is 1. The summed E-state index contributed by atoms with van der Waals surface area (Å²) in [6.45, 7) is 10.6. The molecular formula is C20H26O6. The molecule has 0 aromatic heterocycles. The van der Waals surface area contributed by atoms with Crippen LogP contribution in [0.4, 0.5) is 0 Å². The molecule has 0 amide bonds. The molecule has 26 heavy (non-hydrogen) atoms. The van der Waals surface area contributed by atoms with Crippen molar-refractivity contribution in [3.63, 3.8) is 0 Å². The number of rotatable bonds is 2. The minimum Gasteiger partial charge on any atom is -0.458 e. The molecule has 1 N–H and O–H groups in total. The maximum absolute atomic E-state index is 12.2. The third-order valence-electron chi connectivity index (χ3n) is 5.04. The zero-order valence-corrected chi connectivity index (χ0v) is 15.7. The van der Waals surface area contributed by atoms with Gasteiger partial charge in [0, 0.05) is 29.9 Å². The summed E-state index contributed by atoms with van der Waals surface area (Å²) >= 11 is 0. The van der Waals surface area contributed by atoms with Gasteiger partial charge in [-0.1, -0.05) is 25.2 Å². The van der Waals surface area contributed by atoms with E-state index in [-0.39, 0.29) is 17.8 Å².